The zero-order valence-corrected chi connectivity index (χ0v) is 12.2. The van der Waals surface area contributed by atoms with Gasteiger partial charge >= 0.3 is 5.97 Å². The largest absolute Gasteiger partial charge is 0.481 e. The summed E-state index contributed by atoms with van der Waals surface area (Å²) in [4.78, 5) is 22.7. The molecule has 0 fully saturated rings. The minimum absolute atomic E-state index is 0.111. The number of halogens is 2. The van der Waals surface area contributed by atoms with Crippen LogP contribution in [0.4, 0.5) is 5.69 Å². The molecular weight excluding hydrogens is 317 g/mol. The Balaban J connectivity index is 2.13. The molecule has 110 valence electrons. The van der Waals surface area contributed by atoms with Crippen LogP contribution in [-0.2, 0) is 11.3 Å². The fourth-order valence-electron chi connectivity index (χ4n) is 1.68. The van der Waals surface area contributed by atoms with E-state index in [1.165, 1.54) is 23.0 Å². The summed E-state index contributed by atoms with van der Waals surface area (Å²) in [5, 5.41) is 16.0. The van der Waals surface area contributed by atoms with Crippen molar-refractivity contribution in [3.8, 4) is 0 Å². The number of aliphatic carboxylic acids is 1. The predicted octanol–water partition coefficient (Wildman–Crippen LogP) is 2.92. The van der Waals surface area contributed by atoms with Gasteiger partial charge < -0.3 is 10.4 Å². The van der Waals surface area contributed by atoms with Gasteiger partial charge in [0.15, 0.2) is 0 Å². The van der Waals surface area contributed by atoms with Crippen LogP contribution < -0.4 is 5.32 Å². The monoisotopic (exact) mass is 327 g/mol. The van der Waals surface area contributed by atoms with Crippen molar-refractivity contribution in [2.24, 2.45) is 0 Å². The van der Waals surface area contributed by atoms with Gasteiger partial charge in [0.05, 0.1) is 23.7 Å². The summed E-state index contributed by atoms with van der Waals surface area (Å²) in [6.45, 7) is 0.111. The Hall–Kier alpha value is -2.05. The highest BCUT2D eigenvalue weighted by molar-refractivity contribution is 6.36. The zero-order chi connectivity index (χ0) is 15.4. The zero-order valence-electron chi connectivity index (χ0n) is 10.7. The van der Waals surface area contributed by atoms with Crippen molar-refractivity contribution in [2.45, 2.75) is 13.0 Å². The number of aromatic nitrogens is 2. The first-order chi connectivity index (χ1) is 9.97. The quantitative estimate of drug-likeness (QED) is 0.884. The standard InChI is InChI=1S/C13H11Cl2N3O3/c14-8-1-2-10(9(15)7-8)17-13(21)11-3-5-16-18(11)6-4-12(19)20/h1-3,5,7H,4,6H2,(H,17,21)(H,19,20). The molecule has 0 bridgehead atoms. The van der Waals surface area contributed by atoms with Gasteiger partial charge in [-0.3, -0.25) is 14.3 Å². The van der Waals surface area contributed by atoms with Crippen molar-refractivity contribution in [3.05, 3.63) is 46.2 Å². The Labute approximate surface area is 130 Å². The van der Waals surface area contributed by atoms with Crippen molar-refractivity contribution in [3.63, 3.8) is 0 Å². The van der Waals surface area contributed by atoms with Crippen LogP contribution in [0, 0.1) is 0 Å². The van der Waals surface area contributed by atoms with E-state index in [9.17, 15) is 9.59 Å². The normalized spacial score (nSPS) is 10.4. The average Bonchev–Trinajstić information content (AvgIpc) is 2.88. The third-order valence-electron chi connectivity index (χ3n) is 2.67. The molecule has 2 N–H and O–H groups in total. The van der Waals surface area contributed by atoms with Crippen LogP contribution in [0.2, 0.25) is 10.0 Å². The van der Waals surface area contributed by atoms with E-state index in [1.54, 1.807) is 12.1 Å². The molecule has 0 aliphatic rings. The molecular formula is C13H11Cl2N3O3. The lowest BCUT2D eigenvalue weighted by molar-refractivity contribution is -0.137. The number of anilines is 1. The number of carbonyl (C=O) groups excluding carboxylic acids is 1. The number of rotatable bonds is 5. The molecule has 6 nitrogen and oxygen atoms in total. The third-order valence-corrected chi connectivity index (χ3v) is 3.21. The van der Waals surface area contributed by atoms with Gasteiger partial charge in [-0.1, -0.05) is 23.2 Å². The number of nitrogens with one attached hydrogen (secondary N) is 1. The lowest BCUT2D eigenvalue weighted by Gasteiger charge is -2.09. The number of carboxylic acids is 1. The third kappa shape index (κ3) is 3.96. The minimum atomic E-state index is -0.961. The van der Waals surface area contributed by atoms with E-state index in [2.05, 4.69) is 10.4 Å². The Kier molecular flexibility index (Phi) is 4.82. The summed E-state index contributed by atoms with van der Waals surface area (Å²) < 4.78 is 1.33. The number of amides is 1. The van der Waals surface area contributed by atoms with Crippen LogP contribution in [0.5, 0.6) is 0 Å². The molecule has 0 aliphatic heterocycles. The van der Waals surface area contributed by atoms with Gasteiger partial charge in [-0.05, 0) is 24.3 Å². The molecule has 2 rings (SSSR count). The Morgan fingerprint density at radius 1 is 1.29 bits per heavy atom. The summed E-state index contributed by atoms with van der Waals surface area (Å²) in [5.41, 5.74) is 0.666. The van der Waals surface area contributed by atoms with Crippen LogP contribution in [0.1, 0.15) is 16.9 Å². The molecule has 0 saturated carbocycles. The van der Waals surface area contributed by atoms with Crippen LogP contribution in [0.25, 0.3) is 0 Å². The highest BCUT2D eigenvalue weighted by Crippen LogP contribution is 2.25. The second-order valence-corrected chi connectivity index (χ2v) is 5.01. The molecule has 1 amide bonds. The topological polar surface area (TPSA) is 84.2 Å². The van der Waals surface area contributed by atoms with Crippen LogP contribution in [0.3, 0.4) is 0 Å². The van der Waals surface area contributed by atoms with Gasteiger partial charge in [0.2, 0.25) is 0 Å². The van der Waals surface area contributed by atoms with Gasteiger partial charge in [-0.15, -0.1) is 0 Å². The number of carboxylic acid groups (broad SMARTS) is 1. The minimum Gasteiger partial charge on any atom is -0.481 e. The van der Waals surface area contributed by atoms with Crippen molar-refractivity contribution in [1.82, 2.24) is 9.78 Å². The van der Waals surface area contributed by atoms with E-state index in [-0.39, 0.29) is 18.7 Å². The Bertz CT molecular complexity index is 685. The summed E-state index contributed by atoms with van der Waals surface area (Å²) in [6, 6.07) is 6.20. The summed E-state index contributed by atoms with van der Waals surface area (Å²) in [7, 11) is 0. The maximum absolute atomic E-state index is 12.2. The molecule has 1 heterocycles. The van der Waals surface area contributed by atoms with Gasteiger partial charge in [-0.25, -0.2) is 0 Å². The molecule has 2 aromatic rings. The maximum Gasteiger partial charge on any atom is 0.305 e. The molecule has 1 aromatic heterocycles. The summed E-state index contributed by atoms with van der Waals surface area (Å²) in [5.74, 6) is -1.39. The van der Waals surface area contributed by atoms with Gasteiger partial charge in [0.1, 0.15) is 5.69 Å². The average molecular weight is 328 g/mol. The smallest absolute Gasteiger partial charge is 0.305 e. The summed E-state index contributed by atoms with van der Waals surface area (Å²) in [6.07, 6.45) is 1.31. The number of carbonyl (C=O) groups is 2. The maximum atomic E-state index is 12.2. The number of nitrogens with zero attached hydrogens (tertiary/aromatic N) is 2. The van der Waals surface area contributed by atoms with E-state index in [4.69, 9.17) is 28.3 Å². The Morgan fingerprint density at radius 3 is 2.71 bits per heavy atom. The molecule has 0 aliphatic carbocycles. The van der Waals surface area contributed by atoms with Crippen molar-refractivity contribution in [1.29, 1.82) is 0 Å². The fourth-order valence-corrected chi connectivity index (χ4v) is 2.14. The first-order valence-corrected chi connectivity index (χ1v) is 6.73. The second kappa shape index (κ2) is 6.60. The fraction of sp³-hybridized carbons (Fsp3) is 0.154. The molecule has 0 unspecified atom stereocenters. The van der Waals surface area contributed by atoms with Crippen LogP contribution in [-0.4, -0.2) is 26.8 Å². The van der Waals surface area contributed by atoms with E-state index in [0.29, 0.717) is 15.7 Å². The van der Waals surface area contributed by atoms with Crippen LogP contribution >= 0.6 is 23.2 Å². The first kappa shape index (κ1) is 15.3. The molecule has 1 aromatic carbocycles. The van der Waals surface area contributed by atoms with Crippen LogP contribution in [0.15, 0.2) is 30.5 Å². The number of hydrogen-bond acceptors (Lipinski definition) is 3. The number of benzene rings is 1. The lowest BCUT2D eigenvalue weighted by atomic mass is 10.3. The van der Waals surface area contributed by atoms with E-state index in [0.717, 1.165) is 0 Å². The number of hydrogen-bond donors (Lipinski definition) is 2. The van der Waals surface area contributed by atoms with E-state index < -0.39 is 11.9 Å². The van der Waals surface area contributed by atoms with Gasteiger partial charge in [0.25, 0.3) is 5.91 Å². The molecule has 21 heavy (non-hydrogen) atoms. The van der Waals surface area contributed by atoms with E-state index >= 15 is 0 Å². The van der Waals surface area contributed by atoms with Crippen molar-refractivity contribution in [2.75, 3.05) is 5.32 Å². The lowest BCUT2D eigenvalue weighted by Crippen LogP contribution is -2.19. The van der Waals surface area contributed by atoms with Gasteiger partial charge in [-0.2, -0.15) is 5.10 Å². The van der Waals surface area contributed by atoms with Crippen molar-refractivity contribution < 1.29 is 14.7 Å². The SMILES string of the molecule is O=C(O)CCn1nccc1C(=O)Nc1ccc(Cl)cc1Cl. The first-order valence-electron chi connectivity index (χ1n) is 5.97. The second-order valence-electron chi connectivity index (χ2n) is 4.16. The molecule has 0 radical (unpaired) electrons. The van der Waals surface area contributed by atoms with E-state index in [1.807, 2.05) is 0 Å². The molecule has 0 saturated heterocycles. The van der Waals surface area contributed by atoms with Crippen molar-refractivity contribution >= 4 is 40.8 Å². The highest BCUT2D eigenvalue weighted by atomic mass is 35.5. The molecule has 0 atom stereocenters. The summed E-state index contributed by atoms with van der Waals surface area (Å²) >= 11 is 11.8. The number of aryl methyl sites for hydroxylation is 1. The molecule has 8 heteroatoms. The Morgan fingerprint density at radius 2 is 2.05 bits per heavy atom. The predicted molar refractivity (Wildman–Crippen MR) is 78.9 cm³/mol. The van der Waals surface area contributed by atoms with Gasteiger partial charge in [0, 0.05) is 11.2 Å². The highest BCUT2D eigenvalue weighted by Gasteiger charge is 2.14. The molecule has 0 spiro atoms.